The van der Waals surface area contributed by atoms with Crippen molar-refractivity contribution in [1.82, 2.24) is 0 Å². The molecule has 0 bridgehead atoms. The third kappa shape index (κ3) is 2.93. The van der Waals surface area contributed by atoms with Gasteiger partial charge in [0.05, 0.1) is 6.07 Å². The average molecular weight is 290 g/mol. The van der Waals surface area contributed by atoms with E-state index in [0.717, 1.165) is 0 Å². The third-order valence-corrected chi connectivity index (χ3v) is 4.25. The predicted molar refractivity (Wildman–Crippen MR) is 85.2 cm³/mol. The Labute approximate surface area is 130 Å². The van der Waals surface area contributed by atoms with Crippen LogP contribution in [-0.2, 0) is 30.5 Å². The minimum Gasteiger partial charge on any atom is -0.313 e. The number of nitrogens with zero attached hydrogens (tertiary/aromatic N) is 1. The number of ketones is 1. The summed E-state index contributed by atoms with van der Waals surface area (Å²) in [7, 11) is 0. The largest absolute Gasteiger partial charge is 0.313 e. The van der Waals surface area contributed by atoms with E-state index < -0.39 is 5.54 Å². The number of benzene rings is 2. The van der Waals surface area contributed by atoms with Crippen molar-refractivity contribution in [3.8, 4) is 6.07 Å². The van der Waals surface area contributed by atoms with Crippen LogP contribution in [0.15, 0.2) is 48.5 Å². The van der Waals surface area contributed by atoms with Gasteiger partial charge in [-0.15, -0.1) is 0 Å². The standard InChI is InChI=1S/C10H10N2.C9H8O/c11-7-10(12)5-8-3-1-2-4-9(8)6-10;10-9-5-7-3-1-2-4-8(7)6-9/h1-4H,5-6,12H2;1-4H,5-6H2. The van der Waals surface area contributed by atoms with Gasteiger partial charge in [-0.2, -0.15) is 5.26 Å². The lowest BCUT2D eigenvalue weighted by Gasteiger charge is -2.11. The molecule has 0 fully saturated rings. The van der Waals surface area contributed by atoms with Crippen molar-refractivity contribution < 1.29 is 4.79 Å². The normalized spacial score (nSPS) is 17.0. The monoisotopic (exact) mass is 290 g/mol. The Hall–Kier alpha value is -2.44. The van der Waals surface area contributed by atoms with Gasteiger partial charge >= 0.3 is 0 Å². The van der Waals surface area contributed by atoms with Gasteiger partial charge in [-0.05, 0) is 22.3 Å². The molecule has 2 N–H and O–H groups in total. The molecule has 0 aliphatic heterocycles. The molecule has 0 atom stereocenters. The van der Waals surface area contributed by atoms with Crippen LogP contribution in [0, 0.1) is 11.3 Å². The van der Waals surface area contributed by atoms with Crippen LogP contribution in [0.5, 0.6) is 0 Å². The zero-order valence-corrected chi connectivity index (χ0v) is 12.4. The molecular formula is C19H18N2O. The summed E-state index contributed by atoms with van der Waals surface area (Å²) < 4.78 is 0. The van der Waals surface area contributed by atoms with Crippen LogP contribution in [0.3, 0.4) is 0 Å². The predicted octanol–water partition coefficient (Wildman–Crippen LogP) is 2.36. The van der Waals surface area contributed by atoms with Gasteiger partial charge < -0.3 is 5.73 Å². The number of Topliss-reactive ketones (excluding diaryl/α,β-unsaturated/α-hetero) is 1. The van der Waals surface area contributed by atoms with Gasteiger partial charge in [0.25, 0.3) is 0 Å². The number of carbonyl (C=O) groups is 1. The van der Waals surface area contributed by atoms with E-state index in [2.05, 4.69) is 6.07 Å². The summed E-state index contributed by atoms with van der Waals surface area (Å²) in [4.78, 5) is 10.9. The first-order valence-electron chi connectivity index (χ1n) is 7.45. The zero-order valence-electron chi connectivity index (χ0n) is 12.4. The fourth-order valence-electron chi connectivity index (χ4n) is 3.11. The van der Waals surface area contributed by atoms with E-state index in [4.69, 9.17) is 11.0 Å². The molecule has 0 heterocycles. The highest BCUT2D eigenvalue weighted by Crippen LogP contribution is 2.27. The Morgan fingerprint density at radius 1 is 0.864 bits per heavy atom. The summed E-state index contributed by atoms with van der Waals surface area (Å²) in [6, 6.07) is 18.3. The Morgan fingerprint density at radius 3 is 1.68 bits per heavy atom. The van der Waals surface area contributed by atoms with Gasteiger partial charge in [0, 0.05) is 25.7 Å². The SMILES string of the molecule is N#CC1(N)Cc2ccccc2C1.O=C1Cc2ccccc2C1. The smallest absolute Gasteiger partial charge is 0.141 e. The number of nitriles is 1. The van der Waals surface area contributed by atoms with Crippen LogP contribution in [0.1, 0.15) is 22.3 Å². The van der Waals surface area contributed by atoms with Crippen LogP contribution in [0.25, 0.3) is 0 Å². The minimum absolute atomic E-state index is 0.348. The van der Waals surface area contributed by atoms with Crippen LogP contribution >= 0.6 is 0 Å². The summed E-state index contributed by atoms with van der Waals surface area (Å²) in [6.45, 7) is 0. The molecule has 0 saturated carbocycles. The molecule has 2 aliphatic carbocycles. The van der Waals surface area contributed by atoms with Gasteiger partial charge in [0.2, 0.25) is 0 Å². The lowest BCUT2D eigenvalue weighted by Crippen LogP contribution is -2.38. The fraction of sp³-hybridized carbons (Fsp3) is 0.263. The molecule has 0 saturated heterocycles. The number of hydrogen-bond acceptors (Lipinski definition) is 3. The van der Waals surface area contributed by atoms with Crippen molar-refractivity contribution in [3.05, 3.63) is 70.8 Å². The number of rotatable bonds is 0. The highest BCUT2D eigenvalue weighted by Gasteiger charge is 2.32. The Balaban J connectivity index is 0.000000133. The molecule has 2 aromatic carbocycles. The number of hydrogen-bond donors (Lipinski definition) is 1. The van der Waals surface area contributed by atoms with Crippen molar-refractivity contribution in [3.63, 3.8) is 0 Å². The Morgan fingerprint density at radius 2 is 1.27 bits per heavy atom. The zero-order chi connectivity index (χ0) is 15.6. The summed E-state index contributed by atoms with van der Waals surface area (Å²) in [6.07, 6.45) is 2.69. The molecular weight excluding hydrogens is 272 g/mol. The molecule has 3 heteroatoms. The van der Waals surface area contributed by atoms with Crippen molar-refractivity contribution in [1.29, 1.82) is 5.26 Å². The first-order valence-corrected chi connectivity index (χ1v) is 7.45. The highest BCUT2D eigenvalue weighted by atomic mass is 16.1. The van der Waals surface area contributed by atoms with E-state index >= 15 is 0 Å². The molecule has 2 aromatic rings. The molecule has 0 aromatic heterocycles. The van der Waals surface area contributed by atoms with Crippen molar-refractivity contribution in [2.24, 2.45) is 5.73 Å². The molecule has 110 valence electrons. The first-order chi connectivity index (χ1) is 10.6. The molecule has 0 unspecified atom stereocenters. The second-order valence-corrected chi connectivity index (χ2v) is 6.05. The maximum Gasteiger partial charge on any atom is 0.141 e. The molecule has 4 rings (SSSR count). The number of nitrogens with two attached hydrogens (primary N) is 1. The van der Waals surface area contributed by atoms with Gasteiger partial charge in [-0.25, -0.2) is 0 Å². The molecule has 0 amide bonds. The van der Waals surface area contributed by atoms with Gasteiger partial charge in [0.1, 0.15) is 11.3 Å². The molecule has 22 heavy (non-hydrogen) atoms. The number of carbonyl (C=O) groups excluding carboxylic acids is 1. The highest BCUT2D eigenvalue weighted by molar-refractivity contribution is 5.87. The maximum atomic E-state index is 10.9. The van der Waals surface area contributed by atoms with Gasteiger partial charge in [-0.3, -0.25) is 4.79 Å². The summed E-state index contributed by atoms with van der Waals surface area (Å²) in [5, 5.41) is 8.82. The van der Waals surface area contributed by atoms with Crippen LogP contribution in [-0.4, -0.2) is 11.3 Å². The van der Waals surface area contributed by atoms with Gasteiger partial charge in [0.15, 0.2) is 0 Å². The van der Waals surface area contributed by atoms with Crippen molar-refractivity contribution in [2.45, 2.75) is 31.2 Å². The Bertz CT molecular complexity index is 706. The number of fused-ring (bicyclic) bond motifs is 2. The second kappa shape index (κ2) is 5.75. The first kappa shape index (κ1) is 14.5. The molecule has 0 spiro atoms. The summed E-state index contributed by atoms with van der Waals surface area (Å²) >= 11 is 0. The van der Waals surface area contributed by atoms with E-state index in [1.54, 1.807) is 0 Å². The molecule has 2 aliphatic rings. The lowest BCUT2D eigenvalue weighted by molar-refractivity contribution is -0.117. The van der Waals surface area contributed by atoms with Crippen molar-refractivity contribution in [2.75, 3.05) is 0 Å². The minimum atomic E-state index is -0.649. The van der Waals surface area contributed by atoms with E-state index in [1.165, 1.54) is 22.3 Å². The van der Waals surface area contributed by atoms with E-state index in [1.807, 2.05) is 48.5 Å². The van der Waals surface area contributed by atoms with E-state index in [9.17, 15) is 4.79 Å². The van der Waals surface area contributed by atoms with Crippen LogP contribution < -0.4 is 5.73 Å². The van der Waals surface area contributed by atoms with Crippen LogP contribution in [0.2, 0.25) is 0 Å². The summed E-state index contributed by atoms with van der Waals surface area (Å²) in [5.41, 5.74) is 10.1. The van der Waals surface area contributed by atoms with Gasteiger partial charge in [-0.1, -0.05) is 48.5 Å². The second-order valence-electron chi connectivity index (χ2n) is 6.05. The molecule has 0 radical (unpaired) electrons. The fourth-order valence-corrected chi connectivity index (χ4v) is 3.11. The Kier molecular flexibility index (Phi) is 3.79. The topological polar surface area (TPSA) is 66.9 Å². The third-order valence-electron chi connectivity index (χ3n) is 4.25. The van der Waals surface area contributed by atoms with Crippen molar-refractivity contribution >= 4 is 5.78 Å². The lowest BCUT2D eigenvalue weighted by atomic mass is 10.00. The molecule has 3 nitrogen and oxygen atoms in total. The average Bonchev–Trinajstić information content (AvgIpc) is 3.06. The van der Waals surface area contributed by atoms with E-state index in [0.29, 0.717) is 31.5 Å². The van der Waals surface area contributed by atoms with E-state index in [-0.39, 0.29) is 0 Å². The quantitative estimate of drug-likeness (QED) is 0.810. The maximum absolute atomic E-state index is 10.9. The van der Waals surface area contributed by atoms with Crippen LogP contribution in [0.4, 0.5) is 0 Å². The summed E-state index contributed by atoms with van der Waals surface area (Å²) in [5.74, 6) is 0.348.